The van der Waals surface area contributed by atoms with Gasteiger partial charge < -0.3 is 25.2 Å². The summed E-state index contributed by atoms with van der Waals surface area (Å²) in [6.07, 6.45) is 3.57. The molecule has 10 nitrogen and oxygen atoms in total. The second-order valence-electron chi connectivity index (χ2n) is 12.9. The Hall–Kier alpha value is -4.52. The van der Waals surface area contributed by atoms with Crippen LogP contribution in [0.4, 0.5) is 5.69 Å². The van der Waals surface area contributed by atoms with Crippen LogP contribution in [-0.2, 0) is 37.0 Å². The van der Waals surface area contributed by atoms with Gasteiger partial charge in [0, 0.05) is 54.6 Å². The summed E-state index contributed by atoms with van der Waals surface area (Å²) < 4.78 is 13.1. The summed E-state index contributed by atoms with van der Waals surface area (Å²) in [5, 5.41) is 24.0. The molecule has 1 aliphatic heterocycles. The average molecular weight is 726 g/mol. The number of carbonyl (C=O) groups excluding carboxylic acids is 3. The number of amides is 3. The lowest BCUT2D eigenvalue weighted by atomic mass is 9.97. The van der Waals surface area contributed by atoms with Crippen molar-refractivity contribution in [2.24, 2.45) is 0 Å². The van der Waals surface area contributed by atoms with Crippen molar-refractivity contribution >= 4 is 35.2 Å². The van der Waals surface area contributed by atoms with Gasteiger partial charge in [0.05, 0.1) is 18.8 Å². The highest BCUT2D eigenvalue weighted by Gasteiger charge is 2.32. The number of hydrogen-bond acceptors (Lipinski definition) is 8. The van der Waals surface area contributed by atoms with Crippen molar-refractivity contribution in [3.63, 3.8) is 0 Å². The molecule has 0 unspecified atom stereocenters. The van der Waals surface area contributed by atoms with Crippen molar-refractivity contribution in [2.75, 3.05) is 11.1 Å². The van der Waals surface area contributed by atoms with E-state index >= 15 is 0 Å². The predicted molar refractivity (Wildman–Crippen MR) is 201 cm³/mol. The molecule has 5 N–H and O–H groups in total. The summed E-state index contributed by atoms with van der Waals surface area (Å²) >= 11 is 1.69. The zero-order valence-electron chi connectivity index (χ0n) is 29.4. The van der Waals surface area contributed by atoms with Gasteiger partial charge in [0.25, 0.3) is 0 Å². The van der Waals surface area contributed by atoms with Gasteiger partial charge >= 0.3 is 0 Å². The molecule has 11 heteroatoms. The number of carbonyl (C=O) groups is 3. The minimum atomic E-state index is -0.584. The van der Waals surface area contributed by atoms with Crippen molar-refractivity contribution in [3.05, 3.63) is 119 Å². The molecule has 1 aliphatic rings. The van der Waals surface area contributed by atoms with E-state index in [-0.39, 0.29) is 43.0 Å². The van der Waals surface area contributed by atoms with Crippen molar-refractivity contribution in [1.82, 2.24) is 10.8 Å². The third-order valence-corrected chi connectivity index (χ3v) is 10.0. The van der Waals surface area contributed by atoms with Gasteiger partial charge in [-0.15, -0.1) is 11.8 Å². The van der Waals surface area contributed by atoms with E-state index in [1.54, 1.807) is 17.2 Å². The minimum absolute atomic E-state index is 0.0138. The molecule has 0 radical (unpaired) electrons. The number of benzene rings is 4. The van der Waals surface area contributed by atoms with E-state index in [0.717, 1.165) is 63.2 Å². The van der Waals surface area contributed by atoms with E-state index in [0.29, 0.717) is 31.6 Å². The third kappa shape index (κ3) is 11.8. The second kappa shape index (κ2) is 19.9. The highest BCUT2D eigenvalue weighted by Crippen LogP contribution is 2.40. The molecule has 0 bridgehead atoms. The summed E-state index contributed by atoms with van der Waals surface area (Å²) in [6.45, 7) is 1.88. The Morgan fingerprint density at radius 1 is 0.788 bits per heavy atom. The molecule has 0 aliphatic carbocycles. The Bertz CT molecular complexity index is 1750. The number of thioether (sulfide) groups is 1. The van der Waals surface area contributed by atoms with Crippen LogP contribution in [0.3, 0.4) is 0 Å². The first kappa shape index (κ1) is 38.7. The normalized spacial score (nSPS) is 16.9. The monoisotopic (exact) mass is 725 g/mol. The molecule has 0 saturated carbocycles. The van der Waals surface area contributed by atoms with Crippen LogP contribution in [0.1, 0.15) is 86.5 Å². The molecule has 1 saturated heterocycles. The number of unbranched alkanes of at least 4 members (excludes halogenated alkanes) is 3. The third-order valence-electron chi connectivity index (χ3n) is 8.90. The van der Waals surface area contributed by atoms with Crippen LogP contribution in [0.15, 0.2) is 102 Å². The van der Waals surface area contributed by atoms with Gasteiger partial charge in [-0.05, 0) is 64.9 Å². The standard InChI is InChI=1S/C41H47N3O7S/c1-28(46)43-34-20-22-36(23-21-34)52-27-35-24-38(31-14-12-29(26-45)13-15-31)51-41(50-35)32-18-16-30(17-19-32)37-9-7-6-8-33(37)25-42-39(47)10-4-2-3-5-11-40(48)44-49/h6-9,12-23,35,38,41,45,49H,2-5,10-11,24-27H2,1H3,(H,42,47)(H,43,46)(H,44,48)/t35-,38+,41+/m1/s1. The first-order valence-electron chi connectivity index (χ1n) is 17.7. The molecule has 4 aromatic rings. The summed E-state index contributed by atoms with van der Waals surface area (Å²) in [5.74, 6) is 0.206. The summed E-state index contributed by atoms with van der Waals surface area (Å²) in [5.41, 5.74) is 8.23. The minimum Gasteiger partial charge on any atom is -0.392 e. The van der Waals surface area contributed by atoms with Gasteiger partial charge in [-0.3, -0.25) is 19.6 Å². The van der Waals surface area contributed by atoms with Gasteiger partial charge in [0.1, 0.15) is 0 Å². The molecule has 0 spiro atoms. The van der Waals surface area contributed by atoms with Crippen LogP contribution in [-0.4, -0.2) is 39.9 Å². The summed E-state index contributed by atoms with van der Waals surface area (Å²) in [4.78, 5) is 36.2. The first-order valence-corrected chi connectivity index (χ1v) is 18.7. The van der Waals surface area contributed by atoms with E-state index in [1.165, 1.54) is 6.92 Å². The molecule has 274 valence electrons. The maximum absolute atomic E-state index is 12.6. The molecular weight excluding hydrogens is 679 g/mol. The Kier molecular flexibility index (Phi) is 14.8. The number of nitrogens with one attached hydrogen (secondary N) is 3. The number of hydrogen-bond donors (Lipinski definition) is 5. The molecule has 4 aromatic carbocycles. The highest BCUT2D eigenvalue weighted by atomic mass is 32.2. The highest BCUT2D eigenvalue weighted by molar-refractivity contribution is 7.99. The molecule has 3 amide bonds. The molecule has 52 heavy (non-hydrogen) atoms. The number of rotatable bonds is 17. The summed E-state index contributed by atoms with van der Waals surface area (Å²) in [6, 6.07) is 31.8. The molecule has 1 fully saturated rings. The molecule has 5 rings (SSSR count). The smallest absolute Gasteiger partial charge is 0.243 e. The number of aliphatic hydroxyl groups is 1. The topological polar surface area (TPSA) is 146 Å². The average Bonchev–Trinajstić information content (AvgIpc) is 3.18. The fourth-order valence-electron chi connectivity index (χ4n) is 6.09. The number of aliphatic hydroxyl groups excluding tert-OH is 1. The Morgan fingerprint density at radius 2 is 1.46 bits per heavy atom. The van der Waals surface area contributed by atoms with Gasteiger partial charge in [-0.25, -0.2) is 5.48 Å². The van der Waals surface area contributed by atoms with Crippen molar-refractivity contribution in [1.29, 1.82) is 0 Å². The van der Waals surface area contributed by atoms with Crippen LogP contribution in [0.5, 0.6) is 0 Å². The largest absolute Gasteiger partial charge is 0.392 e. The van der Waals surface area contributed by atoms with Gasteiger partial charge in [0.15, 0.2) is 6.29 Å². The van der Waals surface area contributed by atoms with E-state index in [9.17, 15) is 19.5 Å². The summed E-state index contributed by atoms with van der Waals surface area (Å²) in [7, 11) is 0. The fourth-order valence-corrected chi connectivity index (χ4v) is 7.01. The predicted octanol–water partition coefficient (Wildman–Crippen LogP) is 7.60. The number of hydroxylamine groups is 1. The number of ether oxygens (including phenoxy) is 2. The van der Waals surface area contributed by atoms with Crippen LogP contribution in [0.2, 0.25) is 0 Å². The van der Waals surface area contributed by atoms with E-state index in [2.05, 4.69) is 28.8 Å². The maximum atomic E-state index is 12.6. The van der Waals surface area contributed by atoms with Crippen molar-refractivity contribution < 1.29 is 34.2 Å². The first-order chi connectivity index (χ1) is 25.3. The molecule has 3 atom stereocenters. The lowest BCUT2D eigenvalue weighted by Crippen LogP contribution is -2.31. The second-order valence-corrected chi connectivity index (χ2v) is 14.0. The fraction of sp³-hybridized carbons (Fsp3) is 0.341. The Labute approximate surface area is 309 Å². The van der Waals surface area contributed by atoms with Crippen LogP contribution < -0.4 is 16.1 Å². The lowest BCUT2D eigenvalue weighted by Gasteiger charge is -2.36. The van der Waals surface area contributed by atoms with Crippen LogP contribution >= 0.6 is 11.8 Å². The van der Waals surface area contributed by atoms with E-state index in [4.69, 9.17) is 14.7 Å². The Morgan fingerprint density at radius 3 is 2.13 bits per heavy atom. The van der Waals surface area contributed by atoms with Gasteiger partial charge in [-0.2, -0.15) is 0 Å². The molecule has 1 heterocycles. The number of anilines is 1. The zero-order chi connectivity index (χ0) is 36.7. The Balaban J connectivity index is 1.22. The van der Waals surface area contributed by atoms with Crippen LogP contribution in [0, 0.1) is 0 Å². The maximum Gasteiger partial charge on any atom is 0.243 e. The van der Waals surface area contributed by atoms with E-state index < -0.39 is 6.29 Å². The van der Waals surface area contributed by atoms with Gasteiger partial charge in [0.2, 0.25) is 17.7 Å². The quantitative estimate of drug-likeness (QED) is 0.0324. The van der Waals surface area contributed by atoms with Crippen molar-refractivity contribution in [2.45, 2.75) is 88.4 Å². The van der Waals surface area contributed by atoms with Gasteiger partial charge in [-0.1, -0.05) is 85.6 Å². The lowest BCUT2D eigenvalue weighted by molar-refractivity contribution is -0.245. The SMILES string of the molecule is CC(=O)Nc1ccc(SC[C@H]2C[C@@H](c3ccc(CO)cc3)O[C@@H](c3ccc(-c4ccccc4CNC(=O)CCCCCCC(=O)NO)cc3)O2)cc1. The van der Waals surface area contributed by atoms with E-state index in [1.807, 2.05) is 78.9 Å². The van der Waals surface area contributed by atoms with Crippen LogP contribution in [0.25, 0.3) is 11.1 Å². The molecule has 0 aromatic heterocycles. The molecular formula is C41H47N3O7S. The van der Waals surface area contributed by atoms with Crippen molar-refractivity contribution in [3.8, 4) is 11.1 Å². The zero-order valence-corrected chi connectivity index (χ0v) is 30.2.